The summed E-state index contributed by atoms with van der Waals surface area (Å²) in [7, 11) is 0. The number of benzene rings is 1. The molecule has 2 nitrogen and oxygen atoms in total. The van der Waals surface area contributed by atoms with Crippen LogP contribution in [0.15, 0.2) is 24.3 Å². The molecule has 1 heterocycles. The van der Waals surface area contributed by atoms with Crippen molar-refractivity contribution in [3.05, 3.63) is 41.0 Å². The van der Waals surface area contributed by atoms with Crippen LogP contribution in [0.5, 0.6) is 0 Å². The summed E-state index contributed by atoms with van der Waals surface area (Å²) in [4.78, 5) is 0. The second-order valence-electron chi connectivity index (χ2n) is 4.27. The van der Waals surface area contributed by atoms with E-state index in [9.17, 15) is 13.2 Å². The van der Waals surface area contributed by atoms with Crippen LogP contribution < -0.4 is 11.1 Å². The summed E-state index contributed by atoms with van der Waals surface area (Å²) in [6, 6.07) is 4.34. The SMILES string of the molecule is NCc1ccc(C2=CCNCC2)c(C(F)(F)F)c1. The van der Waals surface area contributed by atoms with Crippen molar-refractivity contribution in [3.8, 4) is 0 Å². The normalized spacial score (nSPS) is 16.6. The van der Waals surface area contributed by atoms with Crippen molar-refractivity contribution in [3.63, 3.8) is 0 Å². The van der Waals surface area contributed by atoms with Crippen molar-refractivity contribution >= 4 is 5.57 Å². The van der Waals surface area contributed by atoms with Gasteiger partial charge in [0.05, 0.1) is 5.56 Å². The third-order valence-corrected chi connectivity index (χ3v) is 3.03. The molecule has 0 amide bonds. The van der Waals surface area contributed by atoms with Crippen LogP contribution in [0.3, 0.4) is 0 Å². The molecule has 0 fully saturated rings. The Bertz CT molecular complexity index is 464. The molecule has 0 saturated heterocycles. The third-order valence-electron chi connectivity index (χ3n) is 3.03. The summed E-state index contributed by atoms with van der Waals surface area (Å²) in [6.07, 6.45) is -1.91. The molecule has 0 saturated carbocycles. The summed E-state index contributed by atoms with van der Waals surface area (Å²) in [5.41, 5.74) is 6.35. The van der Waals surface area contributed by atoms with E-state index in [-0.39, 0.29) is 12.1 Å². The maximum atomic E-state index is 13.0. The molecule has 0 aliphatic carbocycles. The molecule has 2 rings (SSSR count). The largest absolute Gasteiger partial charge is 0.417 e. The number of alkyl halides is 3. The molecule has 18 heavy (non-hydrogen) atoms. The van der Waals surface area contributed by atoms with Gasteiger partial charge in [-0.15, -0.1) is 0 Å². The summed E-state index contributed by atoms with van der Waals surface area (Å²) in [6.45, 7) is 1.44. The molecule has 0 radical (unpaired) electrons. The lowest BCUT2D eigenvalue weighted by molar-refractivity contribution is -0.137. The number of hydrogen-bond acceptors (Lipinski definition) is 2. The monoisotopic (exact) mass is 256 g/mol. The highest BCUT2D eigenvalue weighted by Crippen LogP contribution is 2.36. The highest BCUT2D eigenvalue weighted by molar-refractivity contribution is 5.70. The molecule has 0 atom stereocenters. The van der Waals surface area contributed by atoms with Crippen LogP contribution in [0.4, 0.5) is 13.2 Å². The van der Waals surface area contributed by atoms with E-state index in [1.54, 1.807) is 6.07 Å². The Morgan fingerprint density at radius 3 is 2.61 bits per heavy atom. The molecule has 98 valence electrons. The predicted octanol–water partition coefficient (Wildman–Crippen LogP) is 2.54. The van der Waals surface area contributed by atoms with Crippen molar-refractivity contribution in [2.75, 3.05) is 13.1 Å². The van der Waals surface area contributed by atoms with Crippen LogP contribution >= 0.6 is 0 Å². The fourth-order valence-corrected chi connectivity index (χ4v) is 2.10. The topological polar surface area (TPSA) is 38.0 Å². The molecule has 3 N–H and O–H groups in total. The minimum atomic E-state index is -4.34. The standard InChI is InChI=1S/C13H15F3N2/c14-13(15,16)12-7-9(8-17)1-2-11(12)10-3-5-18-6-4-10/h1-3,7,18H,4-6,8,17H2. The van der Waals surface area contributed by atoms with Gasteiger partial charge in [0.15, 0.2) is 0 Å². The average Bonchev–Trinajstić information content (AvgIpc) is 2.38. The maximum absolute atomic E-state index is 13.0. The number of hydrogen-bond donors (Lipinski definition) is 2. The fraction of sp³-hybridized carbons (Fsp3) is 0.385. The molecule has 1 aliphatic heterocycles. The van der Waals surface area contributed by atoms with Crippen molar-refractivity contribution in [1.29, 1.82) is 0 Å². The molecule has 0 unspecified atom stereocenters. The van der Waals surface area contributed by atoms with Crippen molar-refractivity contribution < 1.29 is 13.2 Å². The molecule has 0 bridgehead atoms. The molecule has 1 aliphatic rings. The highest BCUT2D eigenvalue weighted by Gasteiger charge is 2.34. The number of nitrogens with two attached hydrogens (primary N) is 1. The zero-order valence-corrected chi connectivity index (χ0v) is 9.85. The molecular formula is C13H15F3N2. The number of nitrogens with one attached hydrogen (secondary N) is 1. The summed E-state index contributed by atoms with van der Waals surface area (Å²) in [5.74, 6) is 0. The molecule has 0 spiro atoms. The van der Waals surface area contributed by atoms with E-state index >= 15 is 0 Å². The Morgan fingerprint density at radius 2 is 2.06 bits per heavy atom. The molecular weight excluding hydrogens is 241 g/mol. The molecule has 1 aromatic rings. The lowest BCUT2D eigenvalue weighted by Gasteiger charge is -2.19. The van der Waals surface area contributed by atoms with Gasteiger partial charge in [-0.1, -0.05) is 18.2 Å². The van der Waals surface area contributed by atoms with E-state index in [0.717, 1.165) is 11.6 Å². The first-order valence-electron chi connectivity index (χ1n) is 5.82. The van der Waals surface area contributed by atoms with Crippen LogP contribution in [0, 0.1) is 0 Å². The van der Waals surface area contributed by atoms with E-state index in [4.69, 9.17) is 5.73 Å². The van der Waals surface area contributed by atoms with Gasteiger partial charge in [-0.3, -0.25) is 0 Å². The quantitative estimate of drug-likeness (QED) is 0.853. The Morgan fingerprint density at radius 1 is 1.28 bits per heavy atom. The minimum absolute atomic E-state index is 0.115. The van der Waals surface area contributed by atoms with Crippen LogP contribution in [0.2, 0.25) is 0 Å². The van der Waals surface area contributed by atoms with Crippen LogP contribution in [0.25, 0.3) is 5.57 Å². The Balaban J connectivity index is 2.49. The van der Waals surface area contributed by atoms with Crippen molar-refractivity contribution in [2.24, 2.45) is 5.73 Å². The van der Waals surface area contributed by atoms with Gasteiger partial charge in [0.1, 0.15) is 0 Å². The first-order chi connectivity index (χ1) is 8.52. The van der Waals surface area contributed by atoms with Crippen LogP contribution in [0.1, 0.15) is 23.1 Å². The minimum Gasteiger partial charge on any atom is -0.326 e. The average molecular weight is 256 g/mol. The van der Waals surface area contributed by atoms with Gasteiger partial charge in [-0.05, 0) is 35.7 Å². The zero-order valence-electron chi connectivity index (χ0n) is 9.85. The van der Waals surface area contributed by atoms with Crippen molar-refractivity contribution in [1.82, 2.24) is 5.32 Å². The second-order valence-corrected chi connectivity index (χ2v) is 4.27. The Hall–Kier alpha value is -1.33. The van der Waals surface area contributed by atoms with Gasteiger partial charge in [-0.25, -0.2) is 0 Å². The van der Waals surface area contributed by atoms with E-state index < -0.39 is 11.7 Å². The number of rotatable bonds is 2. The van der Waals surface area contributed by atoms with E-state index in [1.165, 1.54) is 6.07 Å². The van der Waals surface area contributed by atoms with Gasteiger partial charge >= 0.3 is 6.18 Å². The van der Waals surface area contributed by atoms with Gasteiger partial charge in [-0.2, -0.15) is 13.2 Å². The van der Waals surface area contributed by atoms with Gasteiger partial charge in [0.25, 0.3) is 0 Å². The van der Waals surface area contributed by atoms with Crippen LogP contribution in [-0.4, -0.2) is 13.1 Å². The Labute approximate surface area is 104 Å². The summed E-state index contributed by atoms with van der Waals surface area (Å²) < 4.78 is 39.1. The first-order valence-corrected chi connectivity index (χ1v) is 5.82. The number of halogens is 3. The summed E-state index contributed by atoms with van der Waals surface area (Å²) in [5, 5.41) is 3.09. The second kappa shape index (κ2) is 5.12. The smallest absolute Gasteiger partial charge is 0.326 e. The van der Waals surface area contributed by atoms with Crippen molar-refractivity contribution in [2.45, 2.75) is 19.1 Å². The first kappa shape index (κ1) is 13.1. The van der Waals surface area contributed by atoms with Crippen LogP contribution in [-0.2, 0) is 12.7 Å². The lowest BCUT2D eigenvalue weighted by atomic mass is 9.93. The van der Waals surface area contributed by atoms with Gasteiger partial charge < -0.3 is 11.1 Å². The third kappa shape index (κ3) is 2.73. The lowest BCUT2D eigenvalue weighted by Crippen LogP contribution is -2.21. The molecule has 5 heteroatoms. The summed E-state index contributed by atoms with van der Waals surface area (Å²) >= 11 is 0. The Kier molecular flexibility index (Phi) is 3.73. The predicted molar refractivity (Wildman–Crippen MR) is 64.8 cm³/mol. The fourth-order valence-electron chi connectivity index (χ4n) is 2.10. The maximum Gasteiger partial charge on any atom is 0.417 e. The zero-order chi connectivity index (χ0) is 13.2. The van der Waals surface area contributed by atoms with E-state index in [1.807, 2.05) is 6.08 Å². The van der Waals surface area contributed by atoms with Gasteiger partial charge in [0, 0.05) is 13.1 Å². The van der Waals surface area contributed by atoms with E-state index in [2.05, 4.69) is 5.32 Å². The van der Waals surface area contributed by atoms with Gasteiger partial charge in [0.2, 0.25) is 0 Å². The molecule has 0 aromatic heterocycles. The molecule has 1 aromatic carbocycles. The highest BCUT2D eigenvalue weighted by atomic mass is 19.4. The van der Waals surface area contributed by atoms with E-state index in [0.29, 0.717) is 25.1 Å².